The molecule has 2 rings (SSSR count). The monoisotopic (exact) mass is 358 g/mol. The van der Waals surface area contributed by atoms with Gasteiger partial charge in [0.25, 0.3) is 10.0 Å². The molecule has 0 bridgehead atoms. The lowest BCUT2D eigenvalue weighted by Gasteiger charge is -2.09. The van der Waals surface area contributed by atoms with E-state index in [1.54, 1.807) is 6.07 Å². The largest absolute Gasteiger partial charge is 0.265 e. The Bertz CT molecular complexity index is 810. The number of nitrogens with one attached hydrogen (secondary N) is 1. The summed E-state index contributed by atoms with van der Waals surface area (Å²) in [7, 11) is -2.67. The molecule has 1 heterocycles. The van der Waals surface area contributed by atoms with Gasteiger partial charge in [-0.15, -0.1) is 0 Å². The molecular weight excluding hydrogens is 351 g/mol. The van der Waals surface area contributed by atoms with Crippen molar-refractivity contribution in [2.75, 3.05) is 4.72 Å². The van der Waals surface area contributed by atoms with Gasteiger partial charge < -0.3 is 0 Å². The quantitative estimate of drug-likeness (QED) is 0.908. The summed E-state index contributed by atoms with van der Waals surface area (Å²) in [6, 6.07) is 5.39. The van der Waals surface area contributed by atoms with Crippen molar-refractivity contribution in [2.45, 2.75) is 4.90 Å². The molecule has 9 heteroatoms. The maximum atomic E-state index is 13.7. The second-order valence-corrected chi connectivity index (χ2v) is 6.39. The Balaban J connectivity index is 2.47. The van der Waals surface area contributed by atoms with E-state index in [0.29, 0.717) is 4.47 Å². The van der Waals surface area contributed by atoms with E-state index in [4.69, 9.17) is 5.26 Å². The minimum absolute atomic E-state index is 0.0187. The number of nitrogens with zero attached hydrogens (tertiary/aromatic N) is 3. The number of sulfonamides is 1. The summed E-state index contributed by atoms with van der Waals surface area (Å²) in [5.74, 6) is -0.914. The van der Waals surface area contributed by atoms with E-state index in [9.17, 15) is 12.8 Å². The van der Waals surface area contributed by atoms with Gasteiger partial charge in [-0.2, -0.15) is 10.4 Å². The lowest BCUT2D eigenvalue weighted by molar-refractivity contribution is 0.569. The molecule has 0 atom stereocenters. The molecule has 104 valence electrons. The van der Waals surface area contributed by atoms with Gasteiger partial charge in [0.2, 0.25) is 0 Å². The van der Waals surface area contributed by atoms with Crippen LogP contribution in [0, 0.1) is 17.1 Å². The first-order chi connectivity index (χ1) is 9.35. The maximum absolute atomic E-state index is 13.7. The third-order valence-electron chi connectivity index (χ3n) is 2.47. The molecule has 2 aromatic rings. The van der Waals surface area contributed by atoms with Crippen LogP contribution in [0.2, 0.25) is 0 Å². The second-order valence-electron chi connectivity index (χ2n) is 3.82. The molecule has 6 nitrogen and oxygen atoms in total. The smallest absolute Gasteiger partial charge is 0.262 e. The van der Waals surface area contributed by atoms with Crippen molar-refractivity contribution < 1.29 is 12.8 Å². The van der Waals surface area contributed by atoms with Gasteiger partial charge in [0.15, 0.2) is 5.82 Å². The first-order valence-corrected chi connectivity index (χ1v) is 7.53. The molecule has 0 aliphatic carbocycles. The van der Waals surface area contributed by atoms with E-state index < -0.39 is 20.7 Å². The third kappa shape index (κ3) is 2.66. The van der Waals surface area contributed by atoms with E-state index in [-0.39, 0.29) is 11.4 Å². The fourth-order valence-electron chi connectivity index (χ4n) is 1.52. The van der Waals surface area contributed by atoms with Crippen LogP contribution in [0.25, 0.3) is 0 Å². The Kier molecular flexibility index (Phi) is 3.78. The number of rotatable bonds is 3. The summed E-state index contributed by atoms with van der Waals surface area (Å²) in [6.45, 7) is 0. The molecule has 0 fully saturated rings. The second kappa shape index (κ2) is 5.22. The molecule has 0 radical (unpaired) electrons. The highest BCUT2D eigenvalue weighted by Gasteiger charge is 2.22. The van der Waals surface area contributed by atoms with Gasteiger partial charge in [-0.25, -0.2) is 12.8 Å². The van der Waals surface area contributed by atoms with Crippen molar-refractivity contribution in [3.8, 4) is 6.07 Å². The third-order valence-corrected chi connectivity index (χ3v) is 4.34. The first kappa shape index (κ1) is 14.5. The lowest BCUT2D eigenvalue weighted by Crippen LogP contribution is -2.17. The number of halogens is 2. The van der Waals surface area contributed by atoms with Crippen molar-refractivity contribution >= 4 is 31.8 Å². The van der Waals surface area contributed by atoms with Crippen molar-refractivity contribution in [1.29, 1.82) is 5.26 Å². The Morgan fingerprint density at radius 2 is 2.20 bits per heavy atom. The van der Waals surface area contributed by atoms with Crippen LogP contribution < -0.4 is 4.72 Å². The number of anilines is 1. The Hall–Kier alpha value is -1.92. The summed E-state index contributed by atoms with van der Waals surface area (Å²) in [5, 5.41) is 12.6. The number of aryl methyl sites for hydroxylation is 1. The molecule has 0 amide bonds. The number of benzene rings is 1. The average Bonchev–Trinajstić information content (AvgIpc) is 2.69. The fraction of sp³-hybridized carbons (Fsp3) is 0.0909. The van der Waals surface area contributed by atoms with E-state index in [1.165, 1.54) is 24.0 Å². The van der Waals surface area contributed by atoms with Gasteiger partial charge in [-0.05, 0) is 18.2 Å². The predicted octanol–water partition coefficient (Wildman–Crippen LogP) is 1.99. The molecule has 1 N–H and O–H groups in total. The van der Waals surface area contributed by atoms with E-state index in [1.807, 2.05) is 0 Å². The minimum Gasteiger partial charge on any atom is -0.262 e. The Morgan fingerprint density at radius 1 is 1.50 bits per heavy atom. The zero-order valence-electron chi connectivity index (χ0n) is 10.1. The number of aromatic nitrogens is 2. The van der Waals surface area contributed by atoms with Crippen molar-refractivity contribution in [3.05, 3.63) is 40.2 Å². The van der Waals surface area contributed by atoms with Crippen LogP contribution in [-0.4, -0.2) is 18.2 Å². The normalized spacial score (nSPS) is 11.1. The van der Waals surface area contributed by atoms with E-state index >= 15 is 0 Å². The maximum Gasteiger partial charge on any atom is 0.265 e. The number of hydrogen-bond acceptors (Lipinski definition) is 4. The summed E-state index contributed by atoms with van der Waals surface area (Å²) >= 11 is 3.05. The molecule has 20 heavy (non-hydrogen) atoms. The van der Waals surface area contributed by atoms with Gasteiger partial charge in [0, 0.05) is 11.5 Å². The van der Waals surface area contributed by atoms with Crippen LogP contribution in [-0.2, 0) is 17.1 Å². The molecule has 0 aliphatic rings. The summed E-state index contributed by atoms with van der Waals surface area (Å²) in [4.78, 5) is -0.509. The van der Waals surface area contributed by atoms with Gasteiger partial charge in [0.05, 0.1) is 6.20 Å². The first-order valence-electron chi connectivity index (χ1n) is 5.25. The van der Waals surface area contributed by atoms with Gasteiger partial charge in [-0.1, -0.05) is 15.9 Å². The minimum atomic E-state index is -4.14. The van der Waals surface area contributed by atoms with E-state index in [0.717, 1.165) is 12.1 Å². The summed E-state index contributed by atoms with van der Waals surface area (Å²) < 4.78 is 41.8. The molecular formula is C11H8BrFN4O2S. The summed E-state index contributed by atoms with van der Waals surface area (Å²) in [5.41, 5.74) is 0.0496. The van der Waals surface area contributed by atoms with Crippen LogP contribution in [0.5, 0.6) is 0 Å². The number of nitriles is 1. The fourth-order valence-corrected chi connectivity index (χ4v) is 3.02. The molecule has 0 unspecified atom stereocenters. The van der Waals surface area contributed by atoms with Crippen LogP contribution in [0.4, 0.5) is 10.2 Å². The molecule has 0 aliphatic heterocycles. The molecule has 1 aromatic carbocycles. The van der Waals surface area contributed by atoms with Crippen molar-refractivity contribution in [3.63, 3.8) is 0 Å². The molecule has 0 saturated carbocycles. The van der Waals surface area contributed by atoms with Gasteiger partial charge in [0.1, 0.15) is 22.3 Å². The zero-order valence-corrected chi connectivity index (χ0v) is 12.5. The Morgan fingerprint density at radius 3 is 2.80 bits per heavy atom. The SMILES string of the molecule is Cn1ncc(C#N)c1NS(=O)(=O)c1ccc(Br)cc1F. The van der Waals surface area contributed by atoms with Gasteiger partial charge in [-0.3, -0.25) is 9.40 Å². The van der Waals surface area contributed by atoms with Crippen LogP contribution in [0.1, 0.15) is 5.56 Å². The van der Waals surface area contributed by atoms with Crippen molar-refractivity contribution in [2.24, 2.45) is 7.05 Å². The Labute approximate surface area is 123 Å². The standard InChI is InChI=1S/C11H8BrFN4O2S/c1-17-11(7(5-14)6-15-17)16-20(18,19)10-3-2-8(12)4-9(10)13/h2-4,6,16H,1H3. The number of hydrogen-bond donors (Lipinski definition) is 1. The van der Waals surface area contributed by atoms with Crippen LogP contribution in [0.15, 0.2) is 33.8 Å². The summed E-state index contributed by atoms with van der Waals surface area (Å²) in [6.07, 6.45) is 1.22. The highest BCUT2D eigenvalue weighted by atomic mass is 79.9. The van der Waals surface area contributed by atoms with Crippen LogP contribution >= 0.6 is 15.9 Å². The van der Waals surface area contributed by atoms with Crippen molar-refractivity contribution in [1.82, 2.24) is 9.78 Å². The van der Waals surface area contributed by atoms with Crippen LogP contribution in [0.3, 0.4) is 0 Å². The molecule has 0 saturated heterocycles. The lowest BCUT2D eigenvalue weighted by atomic mass is 10.3. The highest BCUT2D eigenvalue weighted by molar-refractivity contribution is 9.10. The predicted molar refractivity (Wildman–Crippen MR) is 72.8 cm³/mol. The highest BCUT2D eigenvalue weighted by Crippen LogP contribution is 2.23. The zero-order chi connectivity index (χ0) is 14.9. The van der Waals surface area contributed by atoms with Gasteiger partial charge >= 0.3 is 0 Å². The topological polar surface area (TPSA) is 87.8 Å². The molecule has 0 spiro atoms. The average molecular weight is 359 g/mol. The van der Waals surface area contributed by atoms with E-state index in [2.05, 4.69) is 25.8 Å². The molecule has 1 aromatic heterocycles.